The van der Waals surface area contributed by atoms with E-state index in [1.165, 1.54) is 83.5 Å². The van der Waals surface area contributed by atoms with E-state index in [-0.39, 0.29) is 31.1 Å². The summed E-state index contributed by atoms with van der Waals surface area (Å²) in [5, 5.41) is 0. The SMILES string of the molecule is CCCCCCCC/C=C\CCCCCCCC(=O)OC(COC(=O)CCCCC)COC(=O)CCCCCCCCC. The monoisotopic (exact) mass is 609 g/mol. The highest BCUT2D eigenvalue weighted by atomic mass is 16.6. The second-order valence-corrected chi connectivity index (χ2v) is 12.1. The molecule has 0 heterocycles. The second-order valence-electron chi connectivity index (χ2n) is 12.1. The van der Waals surface area contributed by atoms with Gasteiger partial charge < -0.3 is 14.2 Å². The Morgan fingerprint density at radius 2 is 0.767 bits per heavy atom. The van der Waals surface area contributed by atoms with Crippen LogP contribution in [0.2, 0.25) is 0 Å². The smallest absolute Gasteiger partial charge is 0.306 e. The van der Waals surface area contributed by atoms with Crippen molar-refractivity contribution < 1.29 is 28.6 Å². The fourth-order valence-electron chi connectivity index (χ4n) is 4.96. The molecular formula is C37H68O6. The molecule has 0 aliphatic carbocycles. The lowest BCUT2D eigenvalue weighted by molar-refractivity contribution is -0.167. The first kappa shape index (κ1) is 41.1. The van der Waals surface area contributed by atoms with E-state index in [1.54, 1.807) is 0 Å². The maximum atomic E-state index is 12.5. The summed E-state index contributed by atoms with van der Waals surface area (Å²) < 4.78 is 16.3. The molecule has 252 valence electrons. The van der Waals surface area contributed by atoms with Gasteiger partial charge in [-0.3, -0.25) is 14.4 Å². The van der Waals surface area contributed by atoms with E-state index >= 15 is 0 Å². The van der Waals surface area contributed by atoms with Gasteiger partial charge in [-0.25, -0.2) is 0 Å². The molecule has 0 saturated carbocycles. The van der Waals surface area contributed by atoms with Gasteiger partial charge in [0.2, 0.25) is 0 Å². The van der Waals surface area contributed by atoms with Crippen LogP contribution in [0.15, 0.2) is 12.2 Å². The maximum absolute atomic E-state index is 12.5. The molecule has 1 atom stereocenters. The van der Waals surface area contributed by atoms with E-state index in [0.29, 0.717) is 19.3 Å². The molecule has 0 radical (unpaired) electrons. The van der Waals surface area contributed by atoms with Crippen molar-refractivity contribution in [1.29, 1.82) is 0 Å². The Morgan fingerprint density at radius 3 is 1.21 bits per heavy atom. The molecule has 0 fully saturated rings. The Bertz CT molecular complexity index is 674. The highest BCUT2D eigenvalue weighted by molar-refractivity contribution is 5.71. The summed E-state index contributed by atoms with van der Waals surface area (Å²) in [5.41, 5.74) is 0. The van der Waals surface area contributed by atoms with Gasteiger partial charge in [0.1, 0.15) is 13.2 Å². The fraction of sp³-hybridized carbons (Fsp3) is 0.865. The second kappa shape index (κ2) is 33.1. The summed E-state index contributed by atoms with van der Waals surface area (Å²) >= 11 is 0. The lowest BCUT2D eigenvalue weighted by Gasteiger charge is -2.18. The molecular weight excluding hydrogens is 540 g/mol. The normalized spacial score (nSPS) is 12.0. The van der Waals surface area contributed by atoms with E-state index in [4.69, 9.17) is 14.2 Å². The number of hydrogen-bond donors (Lipinski definition) is 0. The van der Waals surface area contributed by atoms with Gasteiger partial charge in [0.05, 0.1) is 0 Å². The Morgan fingerprint density at radius 1 is 0.442 bits per heavy atom. The van der Waals surface area contributed by atoms with Crippen LogP contribution in [0.4, 0.5) is 0 Å². The summed E-state index contributed by atoms with van der Waals surface area (Å²) in [6.45, 7) is 6.39. The summed E-state index contributed by atoms with van der Waals surface area (Å²) in [6, 6.07) is 0. The molecule has 0 bridgehead atoms. The molecule has 0 aliphatic heterocycles. The van der Waals surface area contributed by atoms with E-state index in [9.17, 15) is 14.4 Å². The van der Waals surface area contributed by atoms with Crippen molar-refractivity contribution in [3.63, 3.8) is 0 Å². The number of carbonyl (C=O) groups excluding carboxylic acids is 3. The molecule has 0 amide bonds. The first-order valence-corrected chi connectivity index (χ1v) is 18.2. The molecule has 6 heteroatoms. The average Bonchev–Trinajstić information content (AvgIpc) is 3.00. The van der Waals surface area contributed by atoms with Crippen molar-refractivity contribution >= 4 is 17.9 Å². The van der Waals surface area contributed by atoms with Gasteiger partial charge >= 0.3 is 17.9 Å². The third kappa shape index (κ3) is 31.4. The van der Waals surface area contributed by atoms with Gasteiger partial charge in [0, 0.05) is 19.3 Å². The predicted octanol–water partition coefficient (Wildman–Crippen LogP) is 10.7. The van der Waals surface area contributed by atoms with Crippen LogP contribution in [0.3, 0.4) is 0 Å². The Balaban J connectivity index is 4.17. The largest absolute Gasteiger partial charge is 0.462 e. The Kier molecular flexibility index (Phi) is 31.6. The number of ether oxygens (including phenoxy) is 3. The van der Waals surface area contributed by atoms with Crippen LogP contribution in [0.1, 0.15) is 188 Å². The number of hydrogen-bond acceptors (Lipinski definition) is 6. The van der Waals surface area contributed by atoms with Crippen molar-refractivity contribution in [3.8, 4) is 0 Å². The molecule has 0 saturated heterocycles. The number of allylic oxidation sites excluding steroid dienone is 2. The Labute approximate surface area is 265 Å². The molecule has 0 aliphatic rings. The van der Waals surface area contributed by atoms with Gasteiger partial charge in [-0.1, -0.05) is 136 Å². The topological polar surface area (TPSA) is 78.9 Å². The quantitative estimate of drug-likeness (QED) is 0.0327. The number of unbranched alkanes of at least 4 members (excludes halogenated alkanes) is 19. The van der Waals surface area contributed by atoms with Gasteiger partial charge in [0.15, 0.2) is 6.10 Å². The average molecular weight is 609 g/mol. The first-order valence-electron chi connectivity index (χ1n) is 18.2. The van der Waals surface area contributed by atoms with Crippen molar-refractivity contribution in [2.45, 2.75) is 194 Å². The summed E-state index contributed by atoms with van der Waals surface area (Å²) in [6.07, 6.45) is 31.2. The molecule has 0 aromatic heterocycles. The van der Waals surface area contributed by atoms with Crippen molar-refractivity contribution in [2.75, 3.05) is 13.2 Å². The zero-order chi connectivity index (χ0) is 31.6. The van der Waals surface area contributed by atoms with Crippen LogP contribution >= 0.6 is 0 Å². The number of esters is 3. The molecule has 0 rings (SSSR count). The lowest BCUT2D eigenvalue weighted by Crippen LogP contribution is -2.30. The molecule has 0 aromatic rings. The molecule has 1 unspecified atom stereocenters. The number of carbonyl (C=O) groups is 3. The minimum absolute atomic E-state index is 0.0737. The summed E-state index contributed by atoms with van der Waals surface area (Å²) in [4.78, 5) is 36.8. The zero-order valence-electron chi connectivity index (χ0n) is 28.5. The van der Waals surface area contributed by atoms with Gasteiger partial charge in [-0.05, 0) is 44.9 Å². The molecule has 6 nitrogen and oxygen atoms in total. The highest BCUT2D eigenvalue weighted by Crippen LogP contribution is 2.12. The third-order valence-electron chi connectivity index (χ3n) is 7.77. The summed E-state index contributed by atoms with van der Waals surface area (Å²) in [7, 11) is 0. The first-order chi connectivity index (χ1) is 21.0. The number of rotatable bonds is 32. The van der Waals surface area contributed by atoms with Gasteiger partial charge in [0.25, 0.3) is 0 Å². The maximum Gasteiger partial charge on any atom is 0.306 e. The van der Waals surface area contributed by atoms with Crippen LogP contribution in [-0.4, -0.2) is 37.2 Å². The molecule has 0 N–H and O–H groups in total. The van der Waals surface area contributed by atoms with Crippen LogP contribution < -0.4 is 0 Å². The van der Waals surface area contributed by atoms with Crippen molar-refractivity contribution in [3.05, 3.63) is 12.2 Å². The van der Waals surface area contributed by atoms with E-state index in [2.05, 4.69) is 32.9 Å². The third-order valence-corrected chi connectivity index (χ3v) is 7.77. The van der Waals surface area contributed by atoms with Crippen LogP contribution in [0, 0.1) is 0 Å². The fourth-order valence-corrected chi connectivity index (χ4v) is 4.96. The molecule has 0 spiro atoms. The molecule has 43 heavy (non-hydrogen) atoms. The van der Waals surface area contributed by atoms with E-state index < -0.39 is 6.10 Å². The zero-order valence-corrected chi connectivity index (χ0v) is 28.5. The van der Waals surface area contributed by atoms with Crippen LogP contribution in [0.5, 0.6) is 0 Å². The molecule has 0 aromatic carbocycles. The van der Waals surface area contributed by atoms with Crippen LogP contribution in [0.25, 0.3) is 0 Å². The lowest BCUT2D eigenvalue weighted by atomic mass is 10.1. The highest BCUT2D eigenvalue weighted by Gasteiger charge is 2.19. The van der Waals surface area contributed by atoms with Gasteiger partial charge in [-0.2, -0.15) is 0 Å². The predicted molar refractivity (Wildman–Crippen MR) is 178 cm³/mol. The Hall–Kier alpha value is -1.85. The minimum Gasteiger partial charge on any atom is -0.462 e. The standard InChI is InChI=1S/C37H68O6/c1-4-7-10-12-14-15-16-17-18-19-20-21-23-25-28-31-37(40)43-34(32-41-35(38)29-26-9-6-3)33-42-36(39)30-27-24-22-13-11-8-5-2/h17-18,34H,4-16,19-33H2,1-3H3/b18-17-. The van der Waals surface area contributed by atoms with Crippen molar-refractivity contribution in [1.82, 2.24) is 0 Å². The summed E-state index contributed by atoms with van der Waals surface area (Å²) in [5.74, 6) is -0.921. The minimum atomic E-state index is -0.760. The van der Waals surface area contributed by atoms with Crippen LogP contribution in [-0.2, 0) is 28.6 Å². The van der Waals surface area contributed by atoms with Gasteiger partial charge in [-0.15, -0.1) is 0 Å². The van der Waals surface area contributed by atoms with E-state index in [1.807, 2.05) is 0 Å². The van der Waals surface area contributed by atoms with E-state index in [0.717, 1.165) is 64.2 Å². The van der Waals surface area contributed by atoms with Crippen molar-refractivity contribution in [2.24, 2.45) is 0 Å².